The first-order valence-corrected chi connectivity index (χ1v) is 17.8. The predicted octanol–water partition coefficient (Wildman–Crippen LogP) is 5.26. The first-order valence-electron chi connectivity index (χ1n) is 14.3. The quantitative estimate of drug-likeness (QED) is 0.165. The Bertz CT molecular complexity index is 1650. The normalized spacial score (nSPS) is 14.0. The van der Waals surface area contributed by atoms with Gasteiger partial charge in [-0.05, 0) is 80.1 Å². The number of methoxy groups -OCH3 is 1. The molecular formula is C32H39NO8S2. The largest absolute Gasteiger partial charge is 0.493 e. The zero-order chi connectivity index (χ0) is 31.2. The molecule has 0 spiro atoms. The molecule has 0 saturated heterocycles. The van der Waals surface area contributed by atoms with Crippen molar-refractivity contribution in [3.05, 3.63) is 88.5 Å². The molecule has 0 unspecified atom stereocenters. The van der Waals surface area contributed by atoms with E-state index in [1.165, 1.54) is 13.4 Å². The smallest absolute Gasteiger partial charge is 0.296 e. The fraction of sp³-hybridized carbons (Fsp3) is 0.406. The number of carbonyl (C=O) groups is 1. The van der Waals surface area contributed by atoms with E-state index in [2.05, 4.69) is 0 Å². The van der Waals surface area contributed by atoms with Crippen LogP contribution in [0.25, 0.3) is 0 Å². The first-order chi connectivity index (χ1) is 20.4. The lowest BCUT2D eigenvalue weighted by atomic mass is 10.0. The maximum atomic E-state index is 13.5. The number of benzene rings is 3. The molecular weight excluding hydrogens is 590 g/mol. The Kier molecular flexibility index (Phi) is 10.5. The van der Waals surface area contributed by atoms with E-state index < -0.39 is 26.0 Å². The van der Waals surface area contributed by atoms with Crippen molar-refractivity contribution in [2.24, 2.45) is 0 Å². The van der Waals surface area contributed by atoms with Crippen molar-refractivity contribution >= 4 is 25.9 Å². The number of sulfone groups is 1. The van der Waals surface area contributed by atoms with Crippen LogP contribution >= 0.6 is 0 Å². The van der Waals surface area contributed by atoms with Gasteiger partial charge < -0.3 is 14.4 Å². The van der Waals surface area contributed by atoms with Crippen LogP contribution in [0.5, 0.6) is 11.5 Å². The molecule has 232 valence electrons. The minimum Gasteiger partial charge on any atom is -0.493 e. The molecule has 0 aliphatic carbocycles. The summed E-state index contributed by atoms with van der Waals surface area (Å²) in [5.74, 6) is 0.587. The number of hydrogen-bond donors (Lipinski definition) is 0. The van der Waals surface area contributed by atoms with Gasteiger partial charge in [0.2, 0.25) is 0 Å². The highest BCUT2D eigenvalue weighted by atomic mass is 32.2. The first kappa shape index (κ1) is 32.5. The van der Waals surface area contributed by atoms with Gasteiger partial charge in [-0.1, -0.05) is 42.3 Å². The average Bonchev–Trinajstić information content (AvgIpc) is 3.28. The number of amides is 1. The van der Waals surface area contributed by atoms with Crippen molar-refractivity contribution in [1.29, 1.82) is 0 Å². The van der Waals surface area contributed by atoms with Gasteiger partial charge in [-0.2, -0.15) is 8.42 Å². The molecule has 0 bridgehead atoms. The van der Waals surface area contributed by atoms with Crippen LogP contribution in [0.1, 0.15) is 64.8 Å². The number of nitrogens with zero attached hydrogens (tertiary/aromatic N) is 1. The van der Waals surface area contributed by atoms with Crippen molar-refractivity contribution in [3.63, 3.8) is 0 Å². The summed E-state index contributed by atoms with van der Waals surface area (Å²) in [4.78, 5) is 15.3. The summed E-state index contributed by atoms with van der Waals surface area (Å²) in [6, 6.07) is 16.8. The van der Waals surface area contributed by atoms with Crippen LogP contribution in [-0.2, 0) is 37.1 Å². The van der Waals surface area contributed by atoms with E-state index in [-0.39, 0.29) is 23.2 Å². The summed E-state index contributed by atoms with van der Waals surface area (Å²) in [6.07, 6.45) is 4.13. The van der Waals surface area contributed by atoms with Gasteiger partial charge in [0.15, 0.2) is 11.5 Å². The van der Waals surface area contributed by atoms with E-state index in [0.717, 1.165) is 36.0 Å². The highest BCUT2D eigenvalue weighted by Crippen LogP contribution is 2.37. The Hall–Kier alpha value is -3.41. The van der Waals surface area contributed by atoms with Crippen LogP contribution in [0, 0.1) is 6.92 Å². The van der Waals surface area contributed by atoms with Gasteiger partial charge in [0, 0.05) is 18.4 Å². The number of rotatable bonds is 15. The maximum Gasteiger partial charge on any atom is 0.296 e. The summed E-state index contributed by atoms with van der Waals surface area (Å²) in [5.41, 5.74) is 4.11. The van der Waals surface area contributed by atoms with Crippen molar-refractivity contribution < 1.29 is 35.3 Å². The number of hydrogen-bond acceptors (Lipinski definition) is 8. The summed E-state index contributed by atoms with van der Waals surface area (Å²) >= 11 is 0. The lowest BCUT2D eigenvalue weighted by molar-refractivity contribution is 0.0718. The monoisotopic (exact) mass is 629 g/mol. The zero-order valence-electron chi connectivity index (χ0n) is 25.0. The van der Waals surface area contributed by atoms with Crippen LogP contribution in [0.4, 0.5) is 0 Å². The second-order valence-electron chi connectivity index (χ2n) is 10.8. The summed E-state index contributed by atoms with van der Waals surface area (Å²) in [6.45, 7) is 4.56. The second kappa shape index (κ2) is 13.9. The van der Waals surface area contributed by atoms with Crippen LogP contribution in [0.15, 0.2) is 65.6 Å². The summed E-state index contributed by atoms with van der Waals surface area (Å²) < 4.78 is 65.8. The highest BCUT2D eigenvalue weighted by molar-refractivity contribution is 7.90. The Balaban J connectivity index is 1.38. The molecule has 11 heteroatoms. The van der Waals surface area contributed by atoms with E-state index in [0.29, 0.717) is 42.2 Å². The third-order valence-corrected chi connectivity index (χ3v) is 9.62. The molecule has 1 aliphatic rings. The fourth-order valence-electron chi connectivity index (χ4n) is 5.18. The number of fused-ring (bicyclic) bond motifs is 1. The van der Waals surface area contributed by atoms with Gasteiger partial charge in [-0.25, -0.2) is 8.42 Å². The van der Waals surface area contributed by atoms with Gasteiger partial charge in [0.05, 0.1) is 37.0 Å². The van der Waals surface area contributed by atoms with Gasteiger partial charge in [-0.3, -0.25) is 8.98 Å². The van der Waals surface area contributed by atoms with E-state index >= 15 is 0 Å². The van der Waals surface area contributed by atoms with Gasteiger partial charge in [0.1, 0.15) is 9.84 Å². The molecule has 1 atom stereocenters. The molecule has 0 N–H and O–H groups in total. The molecule has 0 aromatic heterocycles. The van der Waals surface area contributed by atoms with E-state index in [4.69, 9.17) is 13.7 Å². The second-order valence-corrected chi connectivity index (χ2v) is 14.6. The van der Waals surface area contributed by atoms with Crippen molar-refractivity contribution in [3.8, 4) is 11.5 Å². The summed E-state index contributed by atoms with van der Waals surface area (Å²) in [5, 5.41) is 0. The molecule has 1 aliphatic heterocycles. The molecule has 0 fully saturated rings. The minimum absolute atomic E-state index is 0.113. The number of carbonyl (C=O) groups excluding carboxylic acids is 1. The van der Waals surface area contributed by atoms with Crippen LogP contribution < -0.4 is 9.47 Å². The van der Waals surface area contributed by atoms with Crippen molar-refractivity contribution in [2.75, 3.05) is 32.3 Å². The molecule has 4 rings (SSSR count). The Morgan fingerprint density at radius 2 is 1.65 bits per heavy atom. The summed E-state index contributed by atoms with van der Waals surface area (Å²) in [7, 11) is -5.66. The Labute approximate surface area is 254 Å². The molecule has 43 heavy (non-hydrogen) atoms. The lowest BCUT2D eigenvalue weighted by Gasteiger charge is -2.28. The van der Waals surface area contributed by atoms with E-state index in [1.807, 2.05) is 26.0 Å². The SMILES string of the molecule is CCOc1cc([C@@H](CS(C)(=O)=O)N2Cc3cc(CCCCCOS(=O)(=O)c4ccc(C)cc4)ccc3C2=O)ccc1OC. The zero-order valence-corrected chi connectivity index (χ0v) is 26.7. The maximum absolute atomic E-state index is 13.5. The number of unbranched alkanes of at least 4 members (excludes halogenated alkanes) is 2. The van der Waals surface area contributed by atoms with Crippen LogP contribution in [0.3, 0.4) is 0 Å². The van der Waals surface area contributed by atoms with Crippen LogP contribution in [-0.4, -0.2) is 60.0 Å². The number of aryl methyl sites for hydroxylation is 2. The fourth-order valence-corrected chi connectivity index (χ4v) is 7.06. The van der Waals surface area contributed by atoms with E-state index in [1.54, 1.807) is 53.4 Å². The van der Waals surface area contributed by atoms with Crippen molar-refractivity contribution in [2.45, 2.75) is 57.0 Å². The molecule has 0 saturated carbocycles. The predicted molar refractivity (Wildman–Crippen MR) is 165 cm³/mol. The highest BCUT2D eigenvalue weighted by Gasteiger charge is 2.35. The van der Waals surface area contributed by atoms with Gasteiger partial charge in [-0.15, -0.1) is 0 Å². The van der Waals surface area contributed by atoms with E-state index in [9.17, 15) is 21.6 Å². The molecule has 0 radical (unpaired) electrons. The minimum atomic E-state index is -3.77. The van der Waals surface area contributed by atoms with Crippen LogP contribution in [0.2, 0.25) is 0 Å². The molecule has 1 amide bonds. The van der Waals surface area contributed by atoms with Gasteiger partial charge in [0.25, 0.3) is 16.0 Å². The van der Waals surface area contributed by atoms with Gasteiger partial charge >= 0.3 is 0 Å². The Morgan fingerprint density at radius 3 is 2.33 bits per heavy atom. The van der Waals surface area contributed by atoms with Crippen molar-refractivity contribution in [1.82, 2.24) is 4.90 Å². The molecule has 3 aromatic rings. The molecule has 9 nitrogen and oxygen atoms in total. The third kappa shape index (κ3) is 8.36. The Morgan fingerprint density at radius 1 is 0.907 bits per heavy atom. The third-order valence-electron chi connectivity index (χ3n) is 7.37. The lowest BCUT2D eigenvalue weighted by Crippen LogP contribution is -2.33. The molecule has 3 aromatic carbocycles. The topological polar surface area (TPSA) is 116 Å². The number of ether oxygens (including phenoxy) is 2. The standard InChI is InChI=1S/C32H39NO8S2/c1-5-40-31-20-25(13-17-30(31)39-3)29(22-42(4,35)36)33-21-26-19-24(12-16-28(26)32(33)34)9-7-6-8-18-41-43(37,38)27-14-10-23(2)11-15-27/h10-17,19-20,29H,5-9,18,21-22H2,1-4H3/t29-/m1/s1. The molecule has 1 heterocycles. The average molecular weight is 630 g/mol.